The van der Waals surface area contributed by atoms with Crippen LogP contribution in [0.25, 0.3) is 0 Å². The minimum atomic E-state index is 0.717. The van der Waals surface area contributed by atoms with Gasteiger partial charge in [0.1, 0.15) is 0 Å². The second-order valence-corrected chi connectivity index (χ2v) is 5.67. The molecule has 1 atom stereocenters. The summed E-state index contributed by atoms with van der Waals surface area (Å²) >= 11 is 0. The van der Waals surface area contributed by atoms with Crippen LogP contribution in [0.4, 0.5) is 0 Å². The van der Waals surface area contributed by atoms with E-state index in [-0.39, 0.29) is 0 Å². The van der Waals surface area contributed by atoms with Crippen LogP contribution >= 0.6 is 0 Å². The van der Waals surface area contributed by atoms with Crippen LogP contribution in [-0.4, -0.2) is 34.3 Å². The van der Waals surface area contributed by atoms with E-state index in [9.17, 15) is 0 Å². The molecule has 3 nitrogen and oxygen atoms in total. The zero-order valence-corrected chi connectivity index (χ0v) is 12.0. The maximum Gasteiger partial charge on any atom is 0.0489 e. The van der Waals surface area contributed by atoms with E-state index in [1.54, 1.807) is 0 Å². The van der Waals surface area contributed by atoms with Gasteiger partial charge in [-0.25, -0.2) is 0 Å². The lowest BCUT2D eigenvalue weighted by atomic mass is 9.90. The van der Waals surface area contributed by atoms with Crippen molar-refractivity contribution in [1.29, 1.82) is 0 Å². The van der Waals surface area contributed by atoms with Crippen LogP contribution in [-0.2, 0) is 6.54 Å². The predicted octanol–water partition coefficient (Wildman–Crippen LogP) is 3.15. The molecular weight excluding hydrogens is 246 g/mol. The second kappa shape index (κ2) is 6.71. The number of hydrogen-bond acceptors (Lipinski definition) is 2. The van der Waals surface area contributed by atoms with E-state index in [4.69, 9.17) is 0 Å². The van der Waals surface area contributed by atoms with Crippen LogP contribution in [0, 0.1) is 0 Å². The fourth-order valence-electron chi connectivity index (χ4n) is 3.14. The van der Waals surface area contributed by atoms with Crippen molar-refractivity contribution in [1.82, 2.24) is 14.7 Å². The highest BCUT2D eigenvalue weighted by molar-refractivity contribution is 5.20. The summed E-state index contributed by atoms with van der Waals surface area (Å²) in [6.45, 7) is 4.67. The third-order valence-corrected chi connectivity index (χ3v) is 4.20. The number of aromatic nitrogens is 2. The largest absolute Gasteiger partial charge is 0.303 e. The summed E-state index contributed by atoms with van der Waals surface area (Å²) in [4.78, 5) is 2.62. The molecule has 1 fully saturated rings. The summed E-state index contributed by atoms with van der Waals surface area (Å²) in [5.41, 5.74) is 1.50. The number of likely N-dealkylation sites (tertiary alicyclic amines) is 1. The minimum Gasteiger partial charge on any atom is -0.303 e. The SMILES string of the molecule is c1ccc([C@@H]2CCCN(CCCn3cccn3)C2)cc1. The van der Waals surface area contributed by atoms with Gasteiger partial charge in [0, 0.05) is 25.5 Å². The zero-order chi connectivity index (χ0) is 13.6. The molecule has 1 saturated heterocycles. The van der Waals surface area contributed by atoms with Crippen molar-refractivity contribution in [3.63, 3.8) is 0 Å². The third kappa shape index (κ3) is 3.48. The highest BCUT2D eigenvalue weighted by Crippen LogP contribution is 2.26. The zero-order valence-electron chi connectivity index (χ0n) is 12.0. The number of rotatable bonds is 5. The lowest BCUT2D eigenvalue weighted by Crippen LogP contribution is -2.35. The molecule has 3 heteroatoms. The van der Waals surface area contributed by atoms with Crippen LogP contribution in [0.5, 0.6) is 0 Å². The van der Waals surface area contributed by atoms with E-state index < -0.39 is 0 Å². The molecule has 0 N–H and O–H groups in total. The average molecular weight is 269 g/mol. The number of hydrogen-bond donors (Lipinski definition) is 0. The molecule has 20 heavy (non-hydrogen) atoms. The first kappa shape index (κ1) is 13.4. The number of nitrogens with zero attached hydrogens (tertiary/aromatic N) is 3. The molecule has 0 spiro atoms. The fraction of sp³-hybridized carbons (Fsp3) is 0.471. The van der Waals surface area contributed by atoms with E-state index >= 15 is 0 Å². The van der Waals surface area contributed by atoms with Crippen molar-refractivity contribution in [2.24, 2.45) is 0 Å². The Hall–Kier alpha value is -1.61. The molecule has 2 heterocycles. The quantitative estimate of drug-likeness (QED) is 0.831. The Bertz CT molecular complexity index is 492. The predicted molar refractivity (Wildman–Crippen MR) is 81.7 cm³/mol. The second-order valence-electron chi connectivity index (χ2n) is 5.67. The number of aryl methyl sites for hydroxylation is 1. The Kier molecular flexibility index (Phi) is 4.49. The monoisotopic (exact) mass is 269 g/mol. The molecule has 2 aromatic rings. The van der Waals surface area contributed by atoms with Gasteiger partial charge in [-0.2, -0.15) is 5.10 Å². The first-order valence-electron chi connectivity index (χ1n) is 7.66. The van der Waals surface area contributed by atoms with Crippen molar-refractivity contribution >= 4 is 0 Å². The van der Waals surface area contributed by atoms with E-state index in [1.165, 1.54) is 44.5 Å². The normalized spacial score (nSPS) is 20.1. The van der Waals surface area contributed by atoms with E-state index in [0.717, 1.165) is 12.5 Å². The van der Waals surface area contributed by atoms with Crippen molar-refractivity contribution < 1.29 is 0 Å². The molecule has 0 amide bonds. The summed E-state index contributed by atoms with van der Waals surface area (Å²) in [6, 6.07) is 13.0. The smallest absolute Gasteiger partial charge is 0.0489 e. The average Bonchev–Trinajstić information content (AvgIpc) is 3.02. The van der Waals surface area contributed by atoms with Crippen molar-refractivity contribution in [2.75, 3.05) is 19.6 Å². The Morgan fingerprint density at radius 1 is 1.10 bits per heavy atom. The van der Waals surface area contributed by atoms with Gasteiger partial charge in [-0.15, -0.1) is 0 Å². The molecule has 1 aromatic carbocycles. The summed E-state index contributed by atoms with van der Waals surface area (Å²) in [5, 5.41) is 4.26. The Labute approximate surface area is 121 Å². The van der Waals surface area contributed by atoms with Gasteiger partial charge in [0.05, 0.1) is 0 Å². The van der Waals surface area contributed by atoms with E-state index in [0.29, 0.717) is 0 Å². The Morgan fingerprint density at radius 3 is 2.80 bits per heavy atom. The molecular formula is C17H23N3. The minimum absolute atomic E-state index is 0.717. The topological polar surface area (TPSA) is 21.1 Å². The van der Waals surface area contributed by atoms with Gasteiger partial charge in [-0.1, -0.05) is 30.3 Å². The highest BCUT2D eigenvalue weighted by Gasteiger charge is 2.20. The molecule has 106 valence electrons. The van der Waals surface area contributed by atoms with Crippen LogP contribution in [0.1, 0.15) is 30.7 Å². The lowest BCUT2D eigenvalue weighted by molar-refractivity contribution is 0.202. The lowest BCUT2D eigenvalue weighted by Gasteiger charge is -2.33. The van der Waals surface area contributed by atoms with E-state index in [1.807, 2.05) is 23.1 Å². The van der Waals surface area contributed by atoms with Crippen LogP contribution in [0.15, 0.2) is 48.8 Å². The first-order chi connectivity index (χ1) is 9.92. The summed E-state index contributed by atoms with van der Waals surface area (Å²) in [5.74, 6) is 0.717. The van der Waals surface area contributed by atoms with Crippen molar-refractivity contribution in [3.8, 4) is 0 Å². The van der Waals surface area contributed by atoms with Crippen LogP contribution in [0.3, 0.4) is 0 Å². The van der Waals surface area contributed by atoms with Gasteiger partial charge in [-0.05, 0) is 49.9 Å². The molecule has 1 aromatic heterocycles. The van der Waals surface area contributed by atoms with Gasteiger partial charge in [0.25, 0.3) is 0 Å². The Balaban J connectivity index is 1.48. The van der Waals surface area contributed by atoms with Crippen LogP contribution < -0.4 is 0 Å². The number of piperidine rings is 1. The van der Waals surface area contributed by atoms with Gasteiger partial charge < -0.3 is 4.90 Å². The molecule has 0 aliphatic carbocycles. The molecule has 1 aliphatic heterocycles. The van der Waals surface area contributed by atoms with Crippen molar-refractivity contribution in [2.45, 2.75) is 31.7 Å². The van der Waals surface area contributed by atoms with Gasteiger partial charge in [-0.3, -0.25) is 4.68 Å². The summed E-state index contributed by atoms with van der Waals surface area (Å²) < 4.78 is 2.03. The van der Waals surface area contributed by atoms with Crippen molar-refractivity contribution in [3.05, 3.63) is 54.4 Å². The molecule has 3 rings (SSSR count). The molecule has 0 saturated carbocycles. The molecule has 0 radical (unpaired) electrons. The van der Waals surface area contributed by atoms with Gasteiger partial charge >= 0.3 is 0 Å². The first-order valence-corrected chi connectivity index (χ1v) is 7.66. The maximum absolute atomic E-state index is 4.26. The standard InChI is InChI=1S/C17H23N3/c1-2-7-16(8-3-1)17-9-4-11-19(15-17)12-6-14-20-13-5-10-18-20/h1-3,5,7-8,10,13,17H,4,6,9,11-12,14-15H2/t17-/m1/s1. The van der Waals surface area contributed by atoms with E-state index in [2.05, 4.69) is 40.3 Å². The Morgan fingerprint density at radius 2 is 2.00 bits per heavy atom. The number of benzene rings is 1. The highest BCUT2D eigenvalue weighted by atomic mass is 15.3. The third-order valence-electron chi connectivity index (χ3n) is 4.20. The van der Waals surface area contributed by atoms with Gasteiger partial charge in [0.15, 0.2) is 0 Å². The fourth-order valence-corrected chi connectivity index (χ4v) is 3.14. The van der Waals surface area contributed by atoms with Crippen LogP contribution in [0.2, 0.25) is 0 Å². The summed E-state index contributed by atoms with van der Waals surface area (Å²) in [7, 11) is 0. The summed E-state index contributed by atoms with van der Waals surface area (Å²) in [6.07, 6.45) is 7.74. The van der Waals surface area contributed by atoms with Gasteiger partial charge in [0.2, 0.25) is 0 Å². The molecule has 0 bridgehead atoms. The molecule has 0 unspecified atom stereocenters. The maximum atomic E-state index is 4.26. The molecule has 1 aliphatic rings.